The number of thiophene rings is 1. The minimum Gasteiger partial charge on any atom is -0.321 e. The lowest BCUT2D eigenvalue weighted by atomic mass is 9.90. The average Bonchev–Trinajstić information content (AvgIpc) is 3.32. The van der Waals surface area contributed by atoms with Crippen LogP contribution in [0.2, 0.25) is 0 Å². The Morgan fingerprint density at radius 1 is 1.19 bits per heavy atom. The second kappa shape index (κ2) is 7.37. The van der Waals surface area contributed by atoms with Crippen molar-refractivity contribution in [1.29, 1.82) is 0 Å². The number of aryl methyl sites for hydroxylation is 1. The molecule has 0 saturated carbocycles. The molecule has 1 atom stereocenters. The Labute approximate surface area is 164 Å². The Hall–Kier alpha value is -1.70. The molecule has 27 heavy (non-hydrogen) atoms. The highest BCUT2D eigenvalue weighted by Gasteiger charge is 2.27. The van der Waals surface area contributed by atoms with Crippen molar-refractivity contribution in [1.82, 2.24) is 4.31 Å². The molecule has 2 aromatic rings. The molecule has 7 heteroatoms. The van der Waals surface area contributed by atoms with Crippen LogP contribution in [-0.2, 0) is 22.9 Å². The molecule has 1 saturated heterocycles. The lowest BCUT2D eigenvalue weighted by Crippen LogP contribution is -2.27. The summed E-state index contributed by atoms with van der Waals surface area (Å²) in [6.07, 6.45) is 5.11. The summed E-state index contributed by atoms with van der Waals surface area (Å²) in [5, 5.41) is 2.89. The molecule has 1 N–H and O–H groups in total. The Balaban J connectivity index is 1.46. The number of sulfonamides is 1. The minimum absolute atomic E-state index is 0.128. The monoisotopic (exact) mass is 404 g/mol. The first-order valence-corrected chi connectivity index (χ1v) is 11.7. The molecule has 2 heterocycles. The van der Waals surface area contributed by atoms with Gasteiger partial charge in [-0.2, -0.15) is 4.31 Å². The quantitative estimate of drug-likeness (QED) is 0.840. The Bertz CT molecular complexity index is 942. The van der Waals surface area contributed by atoms with Crippen LogP contribution in [0.5, 0.6) is 0 Å². The lowest BCUT2D eigenvalue weighted by molar-refractivity contribution is 0.103. The largest absolute Gasteiger partial charge is 0.321 e. The van der Waals surface area contributed by atoms with Crippen molar-refractivity contribution >= 4 is 33.0 Å². The van der Waals surface area contributed by atoms with E-state index in [1.165, 1.54) is 21.2 Å². The van der Waals surface area contributed by atoms with Gasteiger partial charge in [-0.25, -0.2) is 8.42 Å². The smallest absolute Gasteiger partial charge is 0.265 e. The van der Waals surface area contributed by atoms with Gasteiger partial charge in [0.15, 0.2) is 0 Å². The van der Waals surface area contributed by atoms with Crippen LogP contribution in [0.1, 0.15) is 46.3 Å². The van der Waals surface area contributed by atoms with E-state index in [9.17, 15) is 13.2 Å². The van der Waals surface area contributed by atoms with E-state index in [2.05, 4.69) is 12.2 Å². The first-order chi connectivity index (χ1) is 12.9. The molecule has 1 unspecified atom stereocenters. The number of rotatable bonds is 4. The molecule has 0 bridgehead atoms. The van der Waals surface area contributed by atoms with Gasteiger partial charge in [-0.05, 0) is 73.9 Å². The third-order valence-electron chi connectivity index (χ3n) is 5.37. The van der Waals surface area contributed by atoms with E-state index < -0.39 is 10.0 Å². The Kier molecular flexibility index (Phi) is 5.09. The zero-order valence-electron chi connectivity index (χ0n) is 15.4. The zero-order valence-corrected chi connectivity index (χ0v) is 17.0. The number of fused-ring (bicyclic) bond motifs is 1. The highest BCUT2D eigenvalue weighted by atomic mass is 32.2. The second-order valence-corrected chi connectivity index (χ2v) is 10.6. The van der Waals surface area contributed by atoms with Crippen LogP contribution in [0.15, 0.2) is 35.2 Å². The summed E-state index contributed by atoms with van der Waals surface area (Å²) in [4.78, 5) is 14.9. The maximum atomic E-state index is 12.6. The predicted octanol–water partition coefficient (Wildman–Crippen LogP) is 3.91. The van der Waals surface area contributed by atoms with Gasteiger partial charge in [-0.3, -0.25) is 4.79 Å². The number of nitrogens with zero attached hydrogens (tertiary/aromatic N) is 1. The summed E-state index contributed by atoms with van der Waals surface area (Å²) in [6, 6.07) is 8.48. The van der Waals surface area contributed by atoms with Crippen LogP contribution < -0.4 is 5.32 Å². The van der Waals surface area contributed by atoms with Crippen molar-refractivity contribution in [2.45, 2.75) is 43.9 Å². The number of hydrogen-bond acceptors (Lipinski definition) is 4. The number of carbonyl (C=O) groups excluding carboxylic acids is 1. The molecule has 1 amide bonds. The molecular formula is C20H24N2O3S2. The van der Waals surface area contributed by atoms with E-state index in [1.807, 2.05) is 6.07 Å². The van der Waals surface area contributed by atoms with Crippen molar-refractivity contribution in [3.8, 4) is 0 Å². The summed E-state index contributed by atoms with van der Waals surface area (Å²) >= 11 is 1.57. The number of nitrogens with one attached hydrogen (secondary N) is 1. The minimum atomic E-state index is -3.42. The first-order valence-electron chi connectivity index (χ1n) is 9.46. The fourth-order valence-electron chi connectivity index (χ4n) is 3.80. The zero-order chi connectivity index (χ0) is 19.0. The van der Waals surface area contributed by atoms with Gasteiger partial charge in [-0.15, -0.1) is 11.3 Å². The normalized spacial score (nSPS) is 20.4. The fraction of sp³-hybridized carbons (Fsp3) is 0.450. The van der Waals surface area contributed by atoms with Crippen LogP contribution in [-0.4, -0.2) is 31.7 Å². The van der Waals surface area contributed by atoms with E-state index in [1.54, 1.807) is 35.6 Å². The van der Waals surface area contributed by atoms with Crippen molar-refractivity contribution in [3.63, 3.8) is 0 Å². The maximum absolute atomic E-state index is 12.6. The number of anilines is 1. The van der Waals surface area contributed by atoms with Crippen LogP contribution in [0, 0.1) is 5.92 Å². The van der Waals surface area contributed by atoms with Gasteiger partial charge in [0.2, 0.25) is 10.0 Å². The first kappa shape index (κ1) is 18.7. The lowest BCUT2D eigenvalue weighted by Gasteiger charge is -2.16. The summed E-state index contributed by atoms with van der Waals surface area (Å²) in [5.41, 5.74) is 1.91. The second-order valence-electron chi connectivity index (χ2n) is 7.50. The molecule has 1 aliphatic heterocycles. The molecule has 0 spiro atoms. The molecule has 2 aliphatic rings. The van der Waals surface area contributed by atoms with E-state index >= 15 is 0 Å². The fourth-order valence-corrected chi connectivity index (χ4v) is 6.42. The van der Waals surface area contributed by atoms with Crippen molar-refractivity contribution in [3.05, 3.63) is 45.6 Å². The summed E-state index contributed by atoms with van der Waals surface area (Å²) < 4.78 is 26.7. The summed E-state index contributed by atoms with van der Waals surface area (Å²) in [5.74, 6) is 0.547. The molecule has 4 rings (SSSR count). The van der Waals surface area contributed by atoms with Crippen LogP contribution in [0.25, 0.3) is 0 Å². The topological polar surface area (TPSA) is 66.5 Å². The van der Waals surface area contributed by atoms with Crippen LogP contribution in [0.3, 0.4) is 0 Å². The summed E-state index contributed by atoms with van der Waals surface area (Å²) in [6.45, 7) is 3.42. The van der Waals surface area contributed by atoms with Gasteiger partial charge >= 0.3 is 0 Å². The number of carbonyl (C=O) groups is 1. The highest BCUT2D eigenvalue weighted by Crippen LogP contribution is 2.32. The molecule has 5 nitrogen and oxygen atoms in total. The number of benzene rings is 1. The van der Waals surface area contributed by atoms with Gasteiger partial charge in [0, 0.05) is 23.7 Å². The molecule has 1 aromatic heterocycles. The third-order valence-corrected chi connectivity index (χ3v) is 8.52. The molecule has 144 valence electrons. The molecule has 1 fully saturated rings. The average molecular weight is 405 g/mol. The van der Waals surface area contributed by atoms with E-state index in [0.717, 1.165) is 30.6 Å². The van der Waals surface area contributed by atoms with Crippen molar-refractivity contribution in [2.75, 3.05) is 18.4 Å². The van der Waals surface area contributed by atoms with Crippen molar-refractivity contribution in [2.24, 2.45) is 5.92 Å². The molecule has 1 aliphatic carbocycles. The van der Waals surface area contributed by atoms with Crippen molar-refractivity contribution < 1.29 is 13.2 Å². The summed E-state index contributed by atoms with van der Waals surface area (Å²) in [7, 11) is -3.42. The number of hydrogen-bond donors (Lipinski definition) is 1. The number of amides is 1. The maximum Gasteiger partial charge on any atom is 0.265 e. The van der Waals surface area contributed by atoms with E-state index in [0.29, 0.717) is 24.7 Å². The SMILES string of the molecule is CC1CCc2sc(C(=O)Nc3ccc(S(=O)(=O)N4CCCC4)cc3)cc2C1. The molecular weight excluding hydrogens is 380 g/mol. The molecule has 1 aromatic carbocycles. The Morgan fingerprint density at radius 2 is 1.89 bits per heavy atom. The van der Waals surface area contributed by atoms with E-state index in [4.69, 9.17) is 0 Å². The van der Waals surface area contributed by atoms with Gasteiger partial charge in [-0.1, -0.05) is 6.92 Å². The van der Waals surface area contributed by atoms with Crippen LogP contribution in [0.4, 0.5) is 5.69 Å². The molecule has 0 radical (unpaired) electrons. The Morgan fingerprint density at radius 3 is 2.59 bits per heavy atom. The standard InChI is InChI=1S/C20H24N2O3S2/c1-14-4-9-18-15(12-14)13-19(26-18)20(23)21-16-5-7-17(8-6-16)27(24,25)22-10-2-3-11-22/h5-8,13-14H,2-4,9-12H2,1H3,(H,21,23). The van der Waals surface area contributed by atoms with Gasteiger partial charge in [0.05, 0.1) is 9.77 Å². The van der Waals surface area contributed by atoms with E-state index in [-0.39, 0.29) is 10.8 Å². The van der Waals surface area contributed by atoms with Crippen LogP contribution >= 0.6 is 11.3 Å². The predicted molar refractivity (Wildman–Crippen MR) is 108 cm³/mol. The van der Waals surface area contributed by atoms with Gasteiger partial charge in [0.25, 0.3) is 5.91 Å². The highest BCUT2D eigenvalue weighted by molar-refractivity contribution is 7.89. The van der Waals surface area contributed by atoms with Gasteiger partial charge in [0.1, 0.15) is 0 Å². The van der Waals surface area contributed by atoms with Gasteiger partial charge < -0.3 is 5.32 Å². The third kappa shape index (κ3) is 3.81.